The normalized spacial score (nSPS) is 22.9. The second kappa shape index (κ2) is 9.40. The number of aromatic nitrogens is 1. The van der Waals surface area contributed by atoms with Crippen LogP contribution in [0.3, 0.4) is 0 Å². The van der Waals surface area contributed by atoms with Crippen molar-refractivity contribution in [3.8, 4) is 0 Å². The quantitative estimate of drug-likeness (QED) is 0.809. The number of hydrogen-bond donors (Lipinski definition) is 2. The molecule has 4 rings (SSSR count). The summed E-state index contributed by atoms with van der Waals surface area (Å²) in [7, 11) is 1.97. The van der Waals surface area contributed by atoms with Gasteiger partial charge in [0.2, 0.25) is 0 Å². The van der Waals surface area contributed by atoms with Crippen molar-refractivity contribution in [2.75, 3.05) is 11.9 Å². The van der Waals surface area contributed by atoms with E-state index in [2.05, 4.69) is 15.6 Å². The number of nitrogens with one attached hydrogen (secondary N) is 2. The van der Waals surface area contributed by atoms with Gasteiger partial charge in [0, 0.05) is 37.1 Å². The minimum Gasteiger partial charge on any atom is -0.349 e. The summed E-state index contributed by atoms with van der Waals surface area (Å²) < 4.78 is 0. The molecule has 0 saturated carbocycles. The van der Waals surface area contributed by atoms with E-state index in [1.807, 2.05) is 54.4 Å². The van der Waals surface area contributed by atoms with Gasteiger partial charge in [-0.25, -0.2) is 4.98 Å². The third-order valence-electron chi connectivity index (χ3n) is 5.31. The lowest BCUT2D eigenvalue weighted by atomic mass is 9.99. The molecule has 0 radical (unpaired) electrons. The van der Waals surface area contributed by atoms with Crippen LogP contribution in [0, 0.1) is 0 Å². The van der Waals surface area contributed by atoms with Crippen molar-refractivity contribution in [1.82, 2.24) is 15.6 Å². The average Bonchev–Trinajstić information content (AvgIpc) is 3.00. The molecule has 27 heavy (non-hydrogen) atoms. The lowest BCUT2D eigenvalue weighted by Crippen LogP contribution is -2.48. The maximum Gasteiger partial charge on any atom is 0.253 e. The number of benzene rings is 1. The van der Waals surface area contributed by atoms with Crippen LogP contribution in [0.1, 0.15) is 36.0 Å². The molecular weight excluding hydrogens is 383 g/mol. The average molecular weight is 409 g/mol. The molecule has 7 heteroatoms. The van der Waals surface area contributed by atoms with Crippen molar-refractivity contribution >= 4 is 42.2 Å². The molecule has 1 aromatic carbocycles. The SMILES string of the molecule is CN(c1ccccc1)c1ccc(C(=O)NC2CC3CCC(C2)N3)cn1.Cl.Cl. The number of halogens is 2. The molecule has 3 heterocycles. The Bertz CT molecular complexity index is 729. The highest BCUT2D eigenvalue weighted by atomic mass is 35.5. The summed E-state index contributed by atoms with van der Waals surface area (Å²) in [5.74, 6) is 0.801. The van der Waals surface area contributed by atoms with Crippen molar-refractivity contribution in [3.05, 3.63) is 54.2 Å². The van der Waals surface area contributed by atoms with E-state index < -0.39 is 0 Å². The number of fused-ring (bicyclic) bond motifs is 2. The number of carbonyl (C=O) groups is 1. The molecule has 2 aromatic rings. The van der Waals surface area contributed by atoms with Crippen molar-refractivity contribution < 1.29 is 4.79 Å². The fourth-order valence-electron chi connectivity index (χ4n) is 3.95. The highest BCUT2D eigenvalue weighted by Gasteiger charge is 2.34. The molecule has 2 bridgehead atoms. The molecule has 2 unspecified atom stereocenters. The number of hydrogen-bond acceptors (Lipinski definition) is 4. The first kappa shape index (κ1) is 21.5. The standard InChI is InChI=1S/C20H24N4O.2ClH/c1-24(18-5-3-2-4-6-18)19-10-7-14(13-21-19)20(25)23-17-11-15-8-9-16(12-17)22-15;;/h2-7,10,13,15-17,22H,8-9,11-12H2,1H3,(H,23,25);2*1H. The third-order valence-corrected chi connectivity index (χ3v) is 5.31. The van der Waals surface area contributed by atoms with Gasteiger partial charge in [-0.05, 0) is 49.9 Å². The van der Waals surface area contributed by atoms with E-state index in [4.69, 9.17) is 0 Å². The maximum atomic E-state index is 12.5. The van der Waals surface area contributed by atoms with Gasteiger partial charge in [0.05, 0.1) is 5.56 Å². The number of amides is 1. The smallest absolute Gasteiger partial charge is 0.253 e. The Morgan fingerprint density at radius 2 is 1.74 bits per heavy atom. The van der Waals surface area contributed by atoms with Crippen molar-refractivity contribution in [2.24, 2.45) is 0 Å². The predicted molar refractivity (Wildman–Crippen MR) is 114 cm³/mol. The van der Waals surface area contributed by atoms with Crippen LogP contribution < -0.4 is 15.5 Å². The summed E-state index contributed by atoms with van der Waals surface area (Å²) in [4.78, 5) is 19.0. The number of pyridine rings is 1. The molecule has 2 fully saturated rings. The molecule has 2 saturated heterocycles. The van der Waals surface area contributed by atoms with Gasteiger partial charge >= 0.3 is 0 Å². The second-order valence-corrected chi connectivity index (χ2v) is 7.08. The van der Waals surface area contributed by atoms with Crippen LogP contribution in [-0.4, -0.2) is 36.1 Å². The van der Waals surface area contributed by atoms with Gasteiger partial charge < -0.3 is 15.5 Å². The van der Waals surface area contributed by atoms with E-state index >= 15 is 0 Å². The van der Waals surface area contributed by atoms with Crippen LogP contribution in [0.5, 0.6) is 0 Å². The monoisotopic (exact) mass is 408 g/mol. The van der Waals surface area contributed by atoms with Crippen molar-refractivity contribution in [2.45, 2.75) is 43.8 Å². The number of para-hydroxylation sites is 1. The molecular formula is C20H26Cl2N4O. The summed E-state index contributed by atoms with van der Waals surface area (Å²) in [5.41, 5.74) is 1.69. The Morgan fingerprint density at radius 1 is 1.07 bits per heavy atom. The predicted octanol–water partition coefficient (Wildman–Crippen LogP) is 3.71. The number of carbonyl (C=O) groups excluding carboxylic acids is 1. The van der Waals surface area contributed by atoms with E-state index in [-0.39, 0.29) is 36.8 Å². The largest absolute Gasteiger partial charge is 0.349 e. The van der Waals surface area contributed by atoms with Gasteiger partial charge in [-0.1, -0.05) is 18.2 Å². The zero-order valence-corrected chi connectivity index (χ0v) is 16.9. The van der Waals surface area contributed by atoms with E-state index in [1.54, 1.807) is 6.20 Å². The minimum absolute atomic E-state index is 0. The lowest BCUT2D eigenvalue weighted by Gasteiger charge is -2.29. The second-order valence-electron chi connectivity index (χ2n) is 7.08. The summed E-state index contributed by atoms with van der Waals surface area (Å²) in [6.45, 7) is 0. The topological polar surface area (TPSA) is 57.3 Å². The zero-order valence-electron chi connectivity index (χ0n) is 15.3. The summed E-state index contributed by atoms with van der Waals surface area (Å²) in [6.07, 6.45) is 6.20. The highest BCUT2D eigenvalue weighted by molar-refractivity contribution is 5.94. The molecule has 146 valence electrons. The van der Waals surface area contributed by atoms with Crippen LogP contribution in [0.4, 0.5) is 11.5 Å². The first-order valence-electron chi connectivity index (χ1n) is 9.01. The van der Waals surface area contributed by atoms with Gasteiger partial charge in [0.15, 0.2) is 0 Å². The van der Waals surface area contributed by atoms with Gasteiger partial charge in [-0.3, -0.25) is 4.79 Å². The van der Waals surface area contributed by atoms with E-state index in [9.17, 15) is 4.79 Å². The zero-order chi connectivity index (χ0) is 17.2. The Labute approximate surface area is 172 Å². The Hall–Kier alpha value is -1.82. The maximum absolute atomic E-state index is 12.5. The molecule has 1 aromatic heterocycles. The summed E-state index contributed by atoms with van der Waals surface area (Å²) >= 11 is 0. The van der Waals surface area contributed by atoms with Crippen LogP contribution in [0.25, 0.3) is 0 Å². The first-order chi connectivity index (χ1) is 12.2. The van der Waals surface area contributed by atoms with Crippen molar-refractivity contribution in [3.63, 3.8) is 0 Å². The Morgan fingerprint density at radius 3 is 2.33 bits per heavy atom. The minimum atomic E-state index is -0.0206. The summed E-state index contributed by atoms with van der Waals surface area (Å²) in [5, 5.41) is 6.78. The van der Waals surface area contributed by atoms with E-state index in [1.165, 1.54) is 12.8 Å². The summed E-state index contributed by atoms with van der Waals surface area (Å²) in [6, 6.07) is 15.2. The molecule has 2 aliphatic rings. The fraction of sp³-hybridized carbons (Fsp3) is 0.400. The number of anilines is 2. The van der Waals surface area contributed by atoms with Crippen LogP contribution in [0.2, 0.25) is 0 Å². The molecule has 2 N–H and O–H groups in total. The number of rotatable bonds is 4. The Kier molecular flexibility index (Phi) is 7.48. The fourth-order valence-corrected chi connectivity index (χ4v) is 3.95. The van der Waals surface area contributed by atoms with E-state index in [0.717, 1.165) is 24.3 Å². The van der Waals surface area contributed by atoms with Crippen LogP contribution in [0.15, 0.2) is 48.7 Å². The van der Waals surface area contributed by atoms with Crippen LogP contribution in [-0.2, 0) is 0 Å². The van der Waals surface area contributed by atoms with Crippen LogP contribution >= 0.6 is 24.8 Å². The van der Waals surface area contributed by atoms with Gasteiger partial charge in [-0.2, -0.15) is 0 Å². The first-order valence-corrected chi connectivity index (χ1v) is 9.01. The molecule has 1 amide bonds. The van der Waals surface area contributed by atoms with Gasteiger partial charge in [-0.15, -0.1) is 24.8 Å². The van der Waals surface area contributed by atoms with Gasteiger partial charge in [0.25, 0.3) is 5.91 Å². The number of piperidine rings is 1. The highest BCUT2D eigenvalue weighted by Crippen LogP contribution is 2.27. The molecule has 5 nitrogen and oxygen atoms in total. The number of nitrogens with zero attached hydrogens (tertiary/aromatic N) is 2. The molecule has 2 aliphatic heterocycles. The molecule has 0 spiro atoms. The Balaban J connectivity index is 0.00000131. The third kappa shape index (κ3) is 4.92. The molecule has 0 aliphatic carbocycles. The van der Waals surface area contributed by atoms with Crippen molar-refractivity contribution in [1.29, 1.82) is 0 Å². The molecule has 2 atom stereocenters. The lowest BCUT2D eigenvalue weighted by molar-refractivity contribution is 0.0923. The van der Waals surface area contributed by atoms with Gasteiger partial charge in [0.1, 0.15) is 5.82 Å². The van der Waals surface area contributed by atoms with E-state index in [0.29, 0.717) is 17.6 Å².